The summed E-state index contributed by atoms with van der Waals surface area (Å²) in [7, 11) is 0. The second-order valence-corrected chi connectivity index (χ2v) is 5.35. The van der Waals surface area contributed by atoms with E-state index < -0.39 is 0 Å². The van der Waals surface area contributed by atoms with Gasteiger partial charge in [0, 0.05) is 6.61 Å². The minimum atomic E-state index is -0.363. The number of hydrogen-bond donors (Lipinski definition) is 1. The normalized spacial score (nSPS) is 16.1. The summed E-state index contributed by atoms with van der Waals surface area (Å²) in [4.78, 5) is 0. The van der Waals surface area contributed by atoms with Crippen LogP contribution in [-0.2, 0) is 4.74 Å². The average Bonchev–Trinajstić information content (AvgIpc) is 2.01. The molecule has 0 aliphatic heterocycles. The molecule has 2 heteroatoms. The van der Waals surface area contributed by atoms with Crippen LogP contribution in [0.5, 0.6) is 0 Å². The second kappa shape index (κ2) is 7.02. The van der Waals surface area contributed by atoms with Crippen LogP contribution in [-0.4, -0.2) is 24.4 Å². The zero-order valence-electron chi connectivity index (χ0n) is 10.6. The minimum Gasteiger partial charge on any atom is -0.391 e. The van der Waals surface area contributed by atoms with Crippen molar-refractivity contribution >= 4 is 0 Å². The third-order valence-electron chi connectivity index (χ3n) is 2.36. The summed E-state index contributed by atoms with van der Waals surface area (Å²) in [5, 5.41) is 9.04. The van der Waals surface area contributed by atoms with Gasteiger partial charge in [-0.2, -0.15) is 0 Å². The number of aliphatic hydroxyl groups is 1. The van der Waals surface area contributed by atoms with E-state index in [0.29, 0.717) is 17.9 Å². The highest BCUT2D eigenvalue weighted by Gasteiger charge is 2.19. The van der Waals surface area contributed by atoms with Gasteiger partial charge in [-0.15, -0.1) is 6.58 Å². The van der Waals surface area contributed by atoms with E-state index in [1.807, 2.05) is 6.08 Å². The van der Waals surface area contributed by atoms with Gasteiger partial charge >= 0.3 is 0 Å². The van der Waals surface area contributed by atoms with Gasteiger partial charge in [0.2, 0.25) is 0 Å². The minimum absolute atomic E-state index is 0.301. The van der Waals surface area contributed by atoms with Gasteiger partial charge in [0.05, 0.1) is 12.7 Å². The quantitative estimate of drug-likeness (QED) is 0.629. The van der Waals surface area contributed by atoms with Crippen molar-refractivity contribution in [1.82, 2.24) is 0 Å². The summed E-state index contributed by atoms with van der Waals surface area (Å²) < 4.78 is 5.41. The molecule has 15 heavy (non-hydrogen) atoms. The SMILES string of the molecule is C=CCC(C)(C)CC(C)COCC(C)O. The third kappa shape index (κ3) is 8.64. The zero-order chi connectivity index (χ0) is 11.9. The molecule has 90 valence electrons. The molecule has 0 aliphatic carbocycles. The Bertz CT molecular complexity index is 173. The van der Waals surface area contributed by atoms with Crippen molar-refractivity contribution in [1.29, 1.82) is 0 Å². The lowest BCUT2D eigenvalue weighted by atomic mass is 9.81. The van der Waals surface area contributed by atoms with E-state index >= 15 is 0 Å². The topological polar surface area (TPSA) is 29.5 Å². The van der Waals surface area contributed by atoms with Crippen molar-refractivity contribution in [3.8, 4) is 0 Å². The Labute approximate surface area is 94.3 Å². The Kier molecular flexibility index (Phi) is 6.86. The molecule has 0 saturated heterocycles. The van der Waals surface area contributed by atoms with Crippen LogP contribution in [0.3, 0.4) is 0 Å². The molecule has 2 atom stereocenters. The van der Waals surface area contributed by atoms with E-state index in [9.17, 15) is 0 Å². The van der Waals surface area contributed by atoms with E-state index in [4.69, 9.17) is 9.84 Å². The summed E-state index contributed by atoms with van der Waals surface area (Å²) >= 11 is 0. The lowest BCUT2D eigenvalue weighted by molar-refractivity contribution is 0.0250. The standard InChI is InChI=1S/C13H26O2/c1-6-7-13(4,5)8-11(2)9-15-10-12(3)14/h6,11-12,14H,1,7-10H2,2-5H3. The van der Waals surface area contributed by atoms with Crippen LogP contribution in [0.4, 0.5) is 0 Å². The average molecular weight is 214 g/mol. The molecule has 0 fully saturated rings. The summed E-state index contributed by atoms with van der Waals surface area (Å²) in [6.45, 7) is 13.4. The van der Waals surface area contributed by atoms with Crippen LogP contribution < -0.4 is 0 Å². The maximum absolute atomic E-state index is 9.04. The monoisotopic (exact) mass is 214 g/mol. The van der Waals surface area contributed by atoms with E-state index in [0.717, 1.165) is 19.4 Å². The van der Waals surface area contributed by atoms with Crippen LogP contribution in [0.1, 0.15) is 40.5 Å². The van der Waals surface area contributed by atoms with Crippen LogP contribution in [0.15, 0.2) is 12.7 Å². The molecule has 0 aliphatic rings. The van der Waals surface area contributed by atoms with Crippen LogP contribution in [0.2, 0.25) is 0 Å². The molecule has 0 aromatic heterocycles. The van der Waals surface area contributed by atoms with Gasteiger partial charge in [-0.1, -0.05) is 26.8 Å². The predicted molar refractivity (Wildman–Crippen MR) is 64.9 cm³/mol. The zero-order valence-corrected chi connectivity index (χ0v) is 10.6. The summed E-state index contributed by atoms with van der Waals surface area (Å²) in [6, 6.07) is 0. The molecule has 0 bridgehead atoms. The fourth-order valence-corrected chi connectivity index (χ4v) is 1.92. The number of ether oxygens (including phenoxy) is 1. The van der Waals surface area contributed by atoms with Crippen LogP contribution in [0.25, 0.3) is 0 Å². The Balaban J connectivity index is 3.72. The van der Waals surface area contributed by atoms with E-state index in [2.05, 4.69) is 27.4 Å². The molecule has 0 amide bonds. The molecule has 0 saturated carbocycles. The molecule has 2 unspecified atom stereocenters. The Morgan fingerprint density at radius 1 is 1.33 bits per heavy atom. The first-order valence-electron chi connectivity index (χ1n) is 5.74. The lowest BCUT2D eigenvalue weighted by Crippen LogP contribution is -2.20. The van der Waals surface area contributed by atoms with Crippen molar-refractivity contribution in [2.24, 2.45) is 11.3 Å². The Morgan fingerprint density at radius 3 is 2.40 bits per heavy atom. The molecule has 0 rings (SSSR count). The maximum Gasteiger partial charge on any atom is 0.0745 e. The maximum atomic E-state index is 9.04. The summed E-state index contributed by atoms with van der Waals surface area (Å²) in [5.74, 6) is 0.527. The largest absolute Gasteiger partial charge is 0.391 e. The molecule has 0 aromatic rings. The first kappa shape index (κ1) is 14.7. The predicted octanol–water partition coefficient (Wildman–Crippen LogP) is 3.01. The number of rotatable bonds is 8. The second-order valence-electron chi connectivity index (χ2n) is 5.35. The van der Waals surface area contributed by atoms with Crippen molar-refractivity contribution in [3.63, 3.8) is 0 Å². The number of hydrogen-bond acceptors (Lipinski definition) is 2. The smallest absolute Gasteiger partial charge is 0.0745 e. The van der Waals surface area contributed by atoms with Crippen molar-refractivity contribution < 1.29 is 9.84 Å². The Morgan fingerprint density at radius 2 is 1.93 bits per heavy atom. The van der Waals surface area contributed by atoms with E-state index in [1.165, 1.54) is 0 Å². The van der Waals surface area contributed by atoms with Crippen LogP contribution in [0, 0.1) is 11.3 Å². The van der Waals surface area contributed by atoms with Gasteiger partial charge in [-0.25, -0.2) is 0 Å². The highest BCUT2D eigenvalue weighted by atomic mass is 16.5. The van der Waals surface area contributed by atoms with Crippen molar-refractivity contribution in [3.05, 3.63) is 12.7 Å². The molecule has 1 N–H and O–H groups in total. The van der Waals surface area contributed by atoms with E-state index in [1.54, 1.807) is 6.92 Å². The summed E-state index contributed by atoms with van der Waals surface area (Å²) in [5.41, 5.74) is 0.301. The Hall–Kier alpha value is -0.340. The van der Waals surface area contributed by atoms with Crippen molar-refractivity contribution in [2.45, 2.75) is 46.6 Å². The number of aliphatic hydroxyl groups excluding tert-OH is 1. The fraction of sp³-hybridized carbons (Fsp3) is 0.846. The van der Waals surface area contributed by atoms with Crippen LogP contribution >= 0.6 is 0 Å². The van der Waals surface area contributed by atoms with Gasteiger partial charge in [0.1, 0.15) is 0 Å². The highest BCUT2D eigenvalue weighted by Crippen LogP contribution is 2.29. The van der Waals surface area contributed by atoms with Gasteiger partial charge in [-0.05, 0) is 31.1 Å². The highest BCUT2D eigenvalue weighted by molar-refractivity contribution is 4.80. The van der Waals surface area contributed by atoms with Crippen molar-refractivity contribution in [2.75, 3.05) is 13.2 Å². The molecule has 0 radical (unpaired) electrons. The molecular weight excluding hydrogens is 188 g/mol. The molecule has 2 nitrogen and oxygen atoms in total. The molecule has 0 heterocycles. The molecular formula is C13H26O2. The molecule has 0 aromatic carbocycles. The molecule has 0 spiro atoms. The first-order chi connectivity index (χ1) is 6.87. The third-order valence-corrected chi connectivity index (χ3v) is 2.36. The lowest BCUT2D eigenvalue weighted by Gasteiger charge is -2.26. The van der Waals surface area contributed by atoms with Gasteiger partial charge in [0.15, 0.2) is 0 Å². The summed E-state index contributed by atoms with van der Waals surface area (Å²) in [6.07, 6.45) is 3.77. The van der Waals surface area contributed by atoms with Gasteiger partial charge < -0.3 is 9.84 Å². The fourth-order valence-electron chi connectivity index (χ4n) is 1.92. The number of allylic oxidation sites excluding steroid dienone is 1. The first-order valence-corrected chi connectivity index (χ1v) is 5.74. The van der Waals surface area contributed by atoms with E-state index in [-0.39, 0.29) is 6.10 Å². The van der Waals surface area contributed by atoms with Gasteiger partial charge in [0.25, 0.3) is 0 Å². The van der Waals surface area contributed by atoms with Gasteiger partial charge in [-0.3, -0.25) is 0 Å².